The van der Waals surface area contributed by atoms with Gasteiger partial charge in [0.05, 0.1) is 11.9 Å². The Bertz CT molecular complexity index is 965. The molecule has 0 aliphatic carbocycles. The van der Waals surface area contributed by atoms with Crippen LogP contribution in [0.15, 0.2) is 60.6 Å². The molecule has 0 bridgehead atoms. The van der Waals surface area contributed by atoms with Crippen LogP contribution in [0, 0.1) is 18.3 Å². The van der Waals surface area contributed by atoms with Crippen LogP contribution in [0.5, 0.6) is 0 Å². The summed E-state index contributed by atoms with van der Waals surface area (Å²) in [5.41, 5.74) is 4.41. The second kappa shape index (κ2) is 7.90. The molecule has 0 aliphatic heterocycles. The average Bonchev–Trinajstić information content (AvgIpc) is 3.14. The third-order valence-corrected chi connectivity index (χ3v) is 3.85. The van der Waals surface area contributed by atoms with Crippen molar-refractivity contribution in [3.8, 4) is 17.3 Å². The van der Waals surface area contributed by atoms with Crippen molar-refractivity contribution < 1.29 is 4.79 Å². The fourth-order valence-electron chi connectivity index (χ4n) is 2.44. The van der Waals surface area contributed by atoms with Crippen molar-refractivity contribution in [3.63, 3.8) is 0 Å². The topological polar surface area (TPSA) is 94.5 Å². The minimum Gasteiger partial charge on any atom is -0.347 e. The van der Waals surface area contributed by atoms with Gasteiger partial charge in [0.25, 0.3) is 5.91 Å². The lowest BCUT2D eigenvalue weighted by Gasteiger charge is -2.04. The molecule has 26 heavy (non-hydrogen) atoms. The molecule has 0 atom stereocenters. The van der Waals surface area contributed by atoms with E-state index in [9.17, 15) is 10.1 Å². The summed E-state index contributed by atoms with van der Waals surface area (Å²) in [4.78, 5) is 16.3. The van der Waals surface area contributed by atoms with Crippen molar-refractivity contribution in [2.24, 2.45) is 0 Å². The number of carbonyl (C=O) groups is 1. The van der Waals surface area contributed by atoms with E-state index in [0.717, 1.165) is 22.4 Å². The molecule has 0 spiro atoms. The van der Waals surface area contributed by atoms with Crippen LogP contribution in [-0.4, -0.2) is 21.1 Å². The number of hydrogen-bond acceptors (Lipinski definition) is 4. The van der Waals surface area contributed by atoms with Gasteiger partial charge in [-0.25, -0.2) is 0 Å². The molecule has 3 rings (SSSR count). The number of benzene rings is 1. The number of aromatic nitrogens is 3. The van der Waals surface area contributed by atoms with E-state index in [2.05, 4.69) is 20.5 Å². The van der Waals surface area contributed by atoms with Gasteiger partial charge in [0, 0.05) is 30.1 Å². The number of nitriles is 1. The van der Waals surface area contributed by atoms with Gasteiger partial charge in [-0.15, -0.1) is 0 Å². The van der Waals surface area contributed by atoms with E-state index in [0.29, 0.717) is 12.1 Å². The summed E-state index contributed by atoms with van der Waals surface area (Å²) in [6.07, 6.45) is 6.47. The summed E-state index contributed by atoms with van der Waals surface area (Å²) in [5, 5.41) is 19.1. The number of nitrogens with one attached hydrogen (secondary N) is 2. The highest BCUT2D eigenvalue weighted by atomic mass is 16.1. The van der Waals surface area contributed by atoms with Crippen LogP contribution in [0.3, 0.4) is 0 Å². The van der Waals surface area contributed by atoms with E-state index in [1.54, 1.807) is 24.7 Å². The normalized spacial score (nSPS) is 11.0. The van der Waals surface area contributed by atoms with Gasteiger partial charge in [0.15, 0.2) is 0 Å². The minimum atomic E-state index is -0.438. The third kappa shape index (κ3) is 4.02. The molecule has 6 nitrogen and oxygen atoms in total. The van der Waals surface area contributed by atoms with Crippen molar-refractivity contribution in [3.05, 3.63) is 77.3 Å². The molecule has 0 aliphatic rings. The Morgan fingerprint density at radius 3 is 2.77 bits per heavy atom. The predicted molar refractivity (Wildman–Crippen MR) is 98.4 cm³/mol. The molecule has 1 aromatic carbocycles. The fourth-order valence-corrected chi connectivity index (χ4v) is 2.44. The van der Waals surface area contributed by atoms with E-state index >= 15 is 0 Å². The smallest absolute Gasteiger partial charge is 0.262 e. The summed E-state index contributed by atoms with van der Waals surface area (Å²) < 4.78 is 0. The number of aromatic amines is 1. The van der Waals surface area contributed by atoms with Gasteiger partial charge in [-0.2, -0.15) is 10.4 Å². The predicted octanol–water partition coefficient (Wildman–Crippen LogP) is 3.00. The molecular formula is C20H17N5O. The summed E-state index contributed by atoms with van der Waals surface area (Å²) in [6.45, 7) is 2.32. The maximum atomic E-state index is 12.3. The van der Waals surface area contributed by atoms with Crippen LogP contribution in [0.2, 0.25) is 0 Å². The highest BCUT2D eigenvalue weighted by Crippen LogP contribution is 2.23. The number of amides is 1. The first-order valence-electron chi connectivity index (χ1n) is 8.06. The maximum Gasteiger partial charge on any atom is 0.262 e. The minimum absolute atomic E-state index is 0.0173. The lowest BCUT2D eigenvalue weighted by molar-refractivity contribution is -0.117. The third-order valence-electron chi connectivity index (χ3n) is 3.85. The Morgan fingerprint density at radius 1 is 1.27 bits per heavy atom. The Kier molecular flexibility index (Phi) is 5.20. The highest BCUT2D eigenvalue weighted by Gasteiger charge is 2.12. The van der Waals surface area contributed by atoms with Crippen LogP contribution >= 0.6 is 0 Å². The largest absolute Gasteiger partial charge is 0.347 e. The summed E-state index contributed by atoms with van der Waals surface area (Å²) in [5.74, 6) is -0.438. The van der Waals surface area contributed by atoms with Gasteiger partial charge in [-0.3, -0.25) is 14.9 Å². The SMILES string of the molecule is Cc1ccc(-c2[nH]ncc2C=C(C#N)C(=O)NCc2cccnc2)cc1. The quantitative estimate of drug-likeness (QED) is 0.550. The van der Waals surface area contributed by atoms with Crippen molar-refractivity contribution >= 4 is 12.0 Å². The molecule has 2 N–H and O–H groups in total. The van der Waals surface area contributed by atoms with Crippen LogP contribution in [0.4, 0.5) is 0 Å². The standard InChI is InChI=1S/C20H17N5O/c1-14-4-6-16(7-5-14)19-18(13-24-25-19)9-17(10-21)20(26)23-12-15-3-2-8-22-11-15/h2-9,11,13H,12H2,1H3,(H,23,26)(H,24,25). The second-order valence-electron chi connectivity index (χ2n) is 5.78. The molecule has 0 unspecified atom stereocenters. The molecule has 1 amide bonds. The van der Waals surface area contributed by atoms with Crippen molar-refractivity contribution in [1.29, 1.82) is 5.26 Å². The number of hydrogen-bond donors (Lipinski definition) is 2. The fraction of sp³-hybridized carbons (Fsp3) is 0.100. The summed E-state index contributed by atoms with van der Waals surface area (Å²) >= 11 is 0. The van der Waals surface area contributed by atoms with Crippen LogP contribution in [-0.2, 0) is 11.3 Å². The van der Waals surface area contributed by atoms with Crippen LogP contribution in [0.1, 0.15) is 16.7 Å². The van der Waals surface area contributed by atoms with Gasteiger partial charge >= 0.3 is 0 Å². The zero-order chi connectivity index (χ0) is 18.4. The molecule has 3 aromatic rings. The van der Waals surface area contributed by atoms with Crippen molar-refractivity contribution in [2.75, 3.05) is 0 Å². The molecule has 128 valence electrons. The lowest BCUT2D eigenvalue weighted by Crippen LogP contribution is -2.24. The van der Waals surface area contributed by atoms with E-state index in [1.807, 2.05) is 43.3 Å². The molecule has 6 heteroatoms. The van der Waals surface area contributed by atoms with Gasteiger partial charge in [-0.05, 0) is 24.6 Å². The highest BCUT2D eigenvalue weighted by molar-refractivity contribution is 6.02. The Labute approximate surface area is 151 Å². The number of pyridine rings is 1. The van der Waals surface area contributed by atoms with Gasteiger partial charge in [0.2, 0.25) is 0 Å². The van der Waals surface area contributed by atoms with Crippen LogP contribution < -0.4 is 5.32 Å². The molecule has 0 saturated carbocycles. The average molecular weight is 343 g/mol. The van der Waals surface area contributed by atoms with Gasteiger partial charge in [0.1, 0.15) is 11.6 Å². The Morgan fingerprint density at radius 2 is 2.08 bits per heavy atom. The van der Waals surface area contributed by atoms with E-state index in [-0.39, 0.29) is 5.57 Å². The Hall–Kier alpha value is -3.72. The number of nitrogens with zero attached hydrogens (tertiary/aromatic N) is 3. The first-order chi connectivity index (χ1) is 12.7. The first kappa shape index (κ1) is 17.1. The number of carbonyl (C=O) groups excluding carboxylic acids is 1. The Balaban J connectivity index is 1.79. The molecule has 2 heterocycles. The van der Waals surface area contributed by atoms with Gasteiger partial charge in [-0.1, -0.05) is 35.9 Å². The van der Waals surface area contributed by atoms with E-state index < -0.39 is 5.91 Å². The number of aryl methyl sites for hydroxylation is 1. The van der Waals surface area contributed by atoms with Gasteiger partial charge < -0.3 is 5.32 Å². The van der Waals surface area contributed by atoms with Crippen molar-refractivity contribution in [1.82, 2.24) is 20.5 Å². The second-order valence-corrected chi connectivity index (χ2v) is 5.78. The molecule has 0 radical (unpaired) electrons. The zero-order valence-electron chi connectivity index (χ0n) is 14.2. The van der Waals surface area contributed by atoms with E-state index in [4.69, 9.17) is 0 Å². The monoisotopic (exact) mass is 343 g/mol. The molecule has 2 aromatic heterocycles. The molecule has 0 saturated heterocycles. The summed E-state index contributed by atoms with van der Waals surface area (Å²) in [7, 11) is 0. The summed E-state index contributed by atoms with van der Waals surface area (Å²) in [6, 6.07) is 13.5. The number of H-pyrrole nitrogens is 1. The number of rotatable bonds is 5. The first-order valence-corrected chi connectivity index (χ1v) is 8.06. The maximum absolute atomic E-state index is 12.3. The van der Waals surface area contributed by atoms with Crippen molar-refractivity contribution in [2.45, 2.75) is 13.5 Å². The molecular weight excluding hydrogens is 326 g/mol. The zero-order valence-corrected chi connectivity index (χ0v) is 14.2. The van der Waals surface area contributed by atoms with Crippen LogP contribution in [0.25, 0.3) is 17.3 Å². The lowest BCUT2D eigenvalue weighted by atomic mass is 10.0. The molecule has 0 fully saturated rings. The van der Waals surface area contributed by atoms with E-state index in [1.165, 1.54) is 6.08 Å².